The maximum Gasteiger partial charge on any atom is 0.327 e. The van der Waals surface area contributed by atoms with Crippen LogP contribution >= 0.6 is 11.8 Å². The number of hydrogen-bond donors (Lipinski definition) is 3. The van der Waals surface area contributed by atoms with Crippen molar-refractivity contribution in [2.45, 2.75) is 61.5 Å². The van der Waals surface area contributed by atoms with Crippen LogP contribution in [-0.4, -0.2) is 60.5 Å². The van der Waals surface area contributed by atoms with Crippen LogP contribution in [-0.2, 0) is 20.8 Å². The van der Waals surface area contributed by atoms with Gasteiger partial charge < -0.3 is 25.2 Å². The lowest BCUT2D eigenvalue weighted by Crippen LogP contribution is -2.71. The first-order valence-corrected chi connectivity index (χ1v) is 14.0. The second kappa shape index (κ2) is 9.44. The Kier molecular flexibility index (Phi) is 6.22. The Hall–Kier alpha value is -4.19. The number of benzene rings is 2. The lowest BCUT2D eigenvalue weighted by molar-refractivity contribution is -0.161. The van der Waals surface area contributed by atoms with Crippen molar-refractivity contribution in [3.05, 3.63) is 81.4 Å². The molecule has 3 aliphatic rings. The van der Waals surface area contributed by atoms with E-state index >= 15 is 0 Å². The van der Waals surface area contributed by atoms with Crippen molar-refractivity contribution in [2.24, 2.45) is 0 Å². The van der Waals surface area contributed by atoms with Gasteiger partial charge in [-0.2, -0.15) is 0 Å². The molecule has 0 spiro atoms. The van der Waals surface area contributed by atoms with Gasteiger partial charge in [0.15, 0.2) is 0 Å². The first-order chi connectivity index (χ1) is 19.4. The van der Waals surface area contributed by atoms with Gasteiger partial charge in [0.1, 0.15) is 34.9 Å². The first kappa shape index (κ1) is 27.0. The Morgan fingerprint density at radius 3 is 2.54 bits per heavy atom. The van der Waals surface area contributed by atoms with Crippen molar-refractivity contribution in [1.82, 2.24) is 20.1 Å². The van der Waals surface area contributed by atoms with Gasteiger partial charge >= 0.3 is 5.97 Å². The SMILES string of the molecule is CC1Cc2cc(F)cc3c(=O)c(C(=O)NC(C(=O)NC4C(=O)N5C4SC(C)(C)C5C(=O)O)c4ccccc4)cn1c23. The summed E-state index contributed by atoms with van der Waals surface area (Å²) >= 11 is 1.29. The molecule has 3 aromatic rings. The number of pyridine rings is 1. The van der Waals surface area contributed by atoms with Crippen LogP contribution in [0.4, 0.5) is 4.39 Å². The lowest BCUT2D eigenvalue weighted by Gasteiger charge is -2.44. The molecule has 0 aliphatic carbocycles. The van der Waals surface area contributed by atoms with Crippen LogP contribution in [0.15, 0.2) is 53.5 Å². The number of carbonyl (C=O) groups excluding carboxylic acids is 3. The third-order valence-corrected chi connectivity index (χ3v) is 9.62. The van der Waals surface area contributed by atoms with Crippen LogP contribution in [0.1, 0.15) is 54.3 Å². The van der Waals surface area contributed by atoms with Gasteiger partial charge in [0, 0.05) is 22.4 Å². The maximum atomic E-state index is 14.3. The molecule has 0 radical (unpaired) electrons. The van der Waals surface area contributed by atoms with E-state index in [0.717, 1.165) is 6.07 Å². The van der Waals surface area contributed by atoms with Crippen molar-refractivity contribution in [3.63, 3.8) is 0 Å². The molecule has 6 rings (SSSR count). The number of nitrogens with one attached hydrogen (secondary N) is 2. The molecular formula is C29H27FN4O6S. The predicted molar refractivity (Wildman–Crippen MR) is 149 cm³/mol. The monoisotopic (exact) mass is 578 g/mol. The molecule has 10 nitrogen and oxygen atoms in total. The van der Waals surface area contributed by atoms with Gasteiger partial charge in [0.2, 0.25) is 17.2 Å². The Morgan fingerprint density at radius 1 is 1.15 bits per heavy atom. The first-order valence-electron chi connectivity index (χ1n) is 13.2. The van der Waals surface area contributed by atoms with Crippen LogP contribution in [0.5, 0.6) is 0 Å². The number of hydrogen-bond acceptors (Lipinski definition) is 6. The molecule has 212 valence electrons. The number of fused-ring (bicyclic) bond motifs is 1. The summed E-state index contributed by atoms with van der Waals surface area (Å²) in [6.07, 6.45) is 1.95. The van der Waals surface area contributed by atoms with Gasteiger partial charge in [-0.1, -0.05) is 30.3 Å². The van der Waals surface area contributed by atoms with Crippen LogP contribution in [0, 0.1) is 5.82 Å². The smallest absolute Gasteiger partial charge is 0.327 e. The minimum atomic E-state index is -1.27. The summed E-state index contributed by atoms with van der Waals surface area (Å²) in [4.78, 5) is 66.6. The van der Waals surface area contributed by atoms with Crippen molar-refractivity contribution in [1.29, 1.82) is 0 Å². The number of thioether (sulfide) groups is 1. The molecule has 0 saturated carbocycles. The molecule has 41 heavy (non-hydrogen) atoms. The molecule has 2 fully saturated rings. The largest absolute Gasteiger partial charge is 0.480 e. The number of amides is 3. The van der Waals surface area contributed by atoms with E-state index in [2.05, 4.69) is 10.6 Å². The van der Waals surface area contributed by atoms with Crippen molar-refractivity contribution >= 4 is 46.4 Å². The van der Waals surface area contributed by atoms with E-state index in [-0.39, 0.29) is 17.0 Å². The van der Waals surface area contributed by atoms with Gasteiger partial charge in [-0.15, -0.1) is 11.8 Å². The average Bonchev–Trinajstić information content (AvgIpc) is 3.37. The van der Waals surface area contributed by atoms with Crippen molar-refractivity contribution < 1.29 is 28.7 Å². The standard InChI is InChI=1S/C29H27FN4O6S/c1-13-9-15-10-16(30)11-17-21(15)33(13)12-18(22(17)35)24(36)31-19(14-7-5-4-6-8-14)25(37)32-20-26(38)34-23(28(39)40)29(2,3)41-27(20)34/h4-8,10-13,19-20,23,27H,9H2,1-3H3,(H,31,36)(H,32,37)(H,39,40). The van der Waals surface area contributed by atoms with Crippen molar-refractivity contribution in [2.75, 3.05) is 0 Å². The molecule has 0 bridgehead atoms. The van der Waals surface area contributed by atoms with E-state index in [0.29, 0.717) is 23.1 Å². The zero-order valence-corrected chi connectivity index (χ0v) is 23.2. The topological polar surface area (TPSA) is 138 Å². The molecule has 3 amide bonds. The van der Waals surface area contributed by atoms with E-state index < -0.39 is 63.2 Å². The lowest BCUT2D eigenvalue weighted by atomic mass is 9.95. The van der Waals surface area contributed by atoms with E-state index in [4.69, 9.17) is 0 Å². The Bertz CT molecular complexity index is 1710. The quantitative estimate of drug-likeness (QED) is 0.382. The van der Waals surface area contributed by atoms with Gasteiger partial charge in [-0.05, 0) is 50.5 Å². The molecule has 2 aromatic carbocycles. The van der Waals surface area contributed by atoms with Crippen LogP contribution < -0.4 is 16.1 Å². The highest BCUT2D eigenvalue weighted by molar-refractivity contribution is 8.01. The second-order valence-corrected chi connectivity index (χ2v) is 13.0. The molecule has 2 saturated heterocycles. The number of aliphatic carboxylic acids is 1. The van der Waals surface area contributed by atoms with Crippen LogP contribution in [0.25, 0.3) is 10.9 Å². The number of carboxylic acids is 1. The van der Waals surface area contributed by atoms with Gasteiger partial charge in [0.25, 0.3) is 5.91 Å². The van der Waals surface area contributed by atoms with Crippen LogP contribution in [0.2, 0.25) is 0 Å². The summed E-state index contributed by atoms with van der Waals surface area (Å²) in [5, 5.41) is 14.5. The predicted octanol–water partition coefficient (Wildman–Crippen LogP) is 2.36. The van der Waals surface area contributed by atoms with Gasteiger partial charge in [-0.25, -0.2) is 9.18 Å². The third kappa shape index (κ3) is 4.19. The molecule has 4 heterocycles. The number of β-lactam (4-membered cyclic amide) rings is 1. The van der Waals surface area contributed by atoms with E-state index in [1.165, 1.54) is 28.9 Å². The fourth-order valence-electron chi connectivity index (χ4n) is 6.16. The molecule has 3 aliphatic heterocycles. The number of nitrogens with zero attached hydrogens (tertiary/aromatic N) is 2. The summed E-state index contributed by atoms with van der Waals surface area (Å²) in [5.41, 5.74) is 0.805. The Balaban J connectivity index is 1.30. The second-order valence-electron chi connectivity index (χ2n) is 11.2. The summed E-state index contributed by atoms with van der Waals surface area (Å²) in [5.74, 6) is -3.72. The highest BCUT2D eigenvalue weighted by atomic mass is 32.2. The van der Waals surface area contributed by atoms with E-state index in [1.807, 2.05) is 6.92 Å². The summed E-state index contributed by atoms with van der Waals surface area (Å²) in [7, 11) is 0. The van der Waals surface area contributed by atoms with Crippen molar-refractivity contribution in [3.8, 4) is 0 Å². The number of carboxylic acid groups (broad SMARTS) is 1. The van der Waals surface area contributed by atoms with Gasteiger partial charge in [0.05, 0.1) is 5.52 Å². The fourth-order valence-corrected chi connectivity index (χ4v) is 7.78. The number of carbonyl (C=O) groups is 4. The minimum absolute atomic E-state index is 0.0896. The third-order valence-electron chi connectivity index (χ3n) is 8.05. The van der Waals surface area contributed by atoms with Gasteiger partial charge in [-0.3, -0.25) is 19.2 Å². The average molecular weight is 579 g/mol. The molecule has 12 heteroatoms. The zero-order chi connectivity index (χ0) is 29.4. The minimum Gasteiger partial charge on any atom is -0.480 e. The molecule has 3 N–H and O–H groups in total. The fraction of sp³-hybridized carbons (Fsp3) is 0.345. The number of halogens is 1. The summed E-state index contributed by atoms with van der Waals surface area (Å²) in [6.45, 7) is 5.37. The normalized spacial score (nSPS) is 24.5. The number of aromatic nitrogens is 1. The van der Waals surface area contributed by atoms with E-state index in [1.54, 1.807) is 48.7 Å². The zero-order valence-electron chi connectivity index (χ0n) is 22.4. The van der Waals surface area contributed by atoms with Crippen LogP contribution in [0.3, 0.4) is 0 Å². The molecular weight excluding hydrogens is 551 g/mol. The van der Waals surface area contributed by atoms with E-state index in [9.17, 15) is 33.5 Å². The maximum absolute atomic E-state index is 14.3. The highest BCUT2D eigenvalue weighted by Crippen LogP contribution is 2.50. The summed E-state index contributed by atoms with van der Waals surface area (Å²) < 4.78 is 15.3. The molecule has 5 atom stereocenters. The summed E-state index contributed by atoms with van der Waals surface area (Å²) in [6, 6.07) is 7.48. The Labute approximate surface area is 237 Å². The number of rotatable bonds is 6. The molecule has 5 unspecified atom stereocenters. The highest BCUT2D eigenvalue weighted by Gasteiger charge is 2.64. The molecule has 1 aromatic heterocycles. The Morgan fingerprint density at radius 2 is 1.85 bits per heavy atom.